The van der Waals surface area contributed by atoms with Crippen molar-refractivity contribution in [2.75, 3.05) is 19.6 Å². The van der Waals surface area contributed by atoms with Crippen LogP contribution in [0.25, 0.3) is 0 Å². The second-order valence-corrected chi connectivity index (χ2v) is 4.46. The Hall–Kier alpha value is -1.73. The normalized spacial score (nSPS) is 10.3. The molecule has 2 aromatic rings. The van der Waals surface area contributed by atoms with Crippen LogP contribution in [0, 0.1) is 4.77 Å². The largest absolute Gasteiger partial charge is 0.493 e. The molecule has 2 N–H and O–H groups in total. The Bertz CT molecular complexity index is 625. The highest BCUT2D eigenvalue weighted by Gasteiger charge is 2.09. The second-order valence-electron chi connectivity index (χ2n) is 3.67. The zero-order valence-corrected chi connectivity index (χ0v) is 12.0. The number of nitrogens with one attached hydrogen (secondary N) is 2. The van der Waals surface area contributed by atoms with Gasteiger partial charge >= 0.3 is 0 Å². The van der Waals surface area contributed by atoms with E-state index in [0.29, 0.717) is 27.8 Å². The summed E-state index contributed by atoms with van der Waals surface area (Å²) in [6.07, 6.45) is 1.55. The minimum Gasteiger partial charge on any atom is -0.493 e. The van der Waals surface area contributed by atoms with Gasteiger partial charge in [0.1, 0.15) is 6.33 Å². The molecule has 0 unspecified atom stereocenters. The van der Waals surface area contributed by atoms with Crippen LogP contribution in [0.1, 0.15) is 5.56 Å². The van der Waals surface area contributed by atoms with Gasteiger partial charge in [-0.15, -0.1) is 0 Å². The first-order valence-electron chi connectivity index (χ1n) is 5.42. The lowest BCUT2D eigenvalue weighted by Gasteiger charge is -2.12. The quantitative estimate of drug-likeness (QED) is 0.830. The Morgan fingerprint density at radius 3 is 2.63 bits per heavy atom. The fourth-order valence-electron chi connectivity index (χ4n) is 1.56. The van der Waals surface area contributed by atoms with Crippen LogP contribution in [0.2, 0.25) is 5.02 Å². The number of hydrogen-bond donors (Lipinski definition) is 2. The molecule has 0 saturated heterocycles. The molecule has 1 heterocycles. The van der Waals surface area contributed by atoms with Gasteiger partial charge in [-0.05, 0) is 23.8 Å². The van der Waals surface area contributed by atoms with Crippen molar-refractivity contribution in [1.29, 1.82) is 0 Å². The lowest BCUT2D eigenvalue weighted by Crippen LogP contribution is -2.13. The molecule has 0 aliphatic carbocycles. The van der Waals surface area contributed by atoms with Gasteiger partial charge in [-0.25, -0.2) is 4.68 Å². The first kappa shape index (κ1) is 13.7. The molecule has 0 amide bonds. The van der Waals surface area contributed by atoms with Gasteiger partial charge in [-0.1, -0.05) is 11.6 Å². The molecule has 102 valence electrons. The Morgan fingerprint density at radius 2 is 2.05 bits per heavy atom. The average Bonchev–Trinajstić information content (AvgIpc) is 2.82. The number of hydrogen-bond acceptors (Lipinski definition) is 5. The maximum atomic E-state index is 6.18. The van der Waals surface area contributed by atoms with Crippen molar-refractivity contribution in [2.45, 2.75) is 6.54 Å². The SMILES string of the molecule is COc1cc(Cl)c(CNn2cn[nH]c2=S)cc1OC. The molecule has 0 bridgehead atoms. The number of ether oxygens (including phenoxy) is 2. The van der Waals surface area contributed by atoms with Gasteiger partial charge in [-0.2, -0.15) is 5.10 Å². The number of halogens is 1. The van der Waals surface area contributed by atoms with E-state index in [4.69, 9.17) is 33.3 Å². The molecule has 0 aliphatic rings. The summed E-state index contributed by atoms with van der Waals surface area (Å²) < 4.78 is 12.5. The number of benzene rings is 1. The molecule has 19 heavy (non-hydrogen) atoms. The third-order valence-electron chi connectivity index (χ3n) is 2.54. The molecule has 0 fully saturated rings. The molecule has 0 aliphatic heterocycles. The van der Waals surface area contributed by atoms with Gasteiger partial charge < -0.3 is 14.9 Å². The molecule has 0 saturated carbocycles. The maximum absolute atomic E-state index is 6.18. The van der Waals surface area contributed by atoms with Crippen molar-refractivity contribution >= 4 is 23.8 Å². The third kappa shape index (κ3) is 2.99. The highest BCUT2D eigenvalue weighted by Crippen LogP contribution is 2.33. The zero-order chi connectivity index (χ0) is 13.8. The van der Waals surface area contributed by atoms with E-state index in [2.05, 4.69) is 15.6 Å². The summed E-state index contributed by atoms with van der Waals surface area (Å²) in [6, 6.07) is 3.53. The second kappa shape index (κ2) is 5.94. The molecular weight excluding hydrogens is 288 g/mol. The summed E-state index contributed by atoms with van der Waals surface area (Å²) in [7, 11) is 3.14. The summed E-state index contributed by atoms with van der Waals surface area (Å²) in [5.74, 6) is 1.22. The van der Waals surface area contributed by atoms with E-state index in [-0.39, 0.29) is 0 Å². The van der Waals surface area contributed by atoms with Crippen molar-refractivity contribution in [2.24, 2.45) is 0 Å². The first-order chi connectivity index (χ1) is 9.15. The van der Waals surface area contributed by atoms with Gasteiger partial charge in [0.05, 0.1) is 20.8 Å². The van der Waals surface area contributed by atoms with Gasteiger partial charge in [0.25, 0.3) is 0 Å². The molecule has 1 aromatic carbocycles. The van der Waals surface area contributed by atoms with E-state index in [1.165, 1.54) is 0 Å². The molecule has 0 atom stereocenters. The zero-order valence-electron chi connectivity index (χ0n) is 10.4. The fraction of sp³-hybridized carbons (Fsp3) is 0.273. The van der Waals surface area contributed by atoms with Crippen LogP contribution in [0.15, 0.2) is 18.5 Å². The average molecular weight is 301 g/mol. The number of rotatable bonds is 5. The molecule has 6 nitrogen and oxygen atoms in total. The Labute approximate surface area is 120 Å². The van der Waals surface area contributed by atoms with Crippen molar-refractivity contribution in [3.8, 4) is 11.5 Å². The molecule has 2 rings (SSSR count). The van der Waals surface area contributed by atoms with Crippen molar-refractivity contribution in [3.05, 3.63) is 33.8 Å². The lowest BCUT2D eigenvalue weighted by atomic mass is 10.2. The first-order valence-corrected chi connectivity index (χ1v) is 6.20. The monoisotopic (exact) mass is 300 g/mol. The summed E-state index contributed by atoms with van der Waals surface area (Å²) in [5.41, 5.74) is 3.94. The van der Waals surface area contributed by atoms with E-state index in [1.807, 2.05) is 6.07 Å². The van der Waals surface area contributed by atoms with Gasteiger partial charge in [0.2, 0.25) is 4.77 Å². The van der Waals surface area contributed by atoms with Crippen molar-refractivity contribution in [3.63, 3.8) is 0 Å². The van der Waals surface area contributed by atoms with Crippen LogP contribution in [-0.4, -0.2) is 29.1 Å². The number of H-pyrrole nitrogens is 1. The Morgan fingerprint density at radius 1 is 1.37 bits per heavy atom. The lowest BCUT2D eigenvalue weighted by molar-refractivity contribution is 0.354. The van der Waals surface area contributed by atoms with Crippen LogP contribution >= 0.6 is 23.8 Å². The maximum Gasteiger partial charge on any atom is 0.214 e. The molecule has 0 radical (unpaired) electrons. The standard InChI is InChI=1S/C11H13ClN4O2S/c1-17-9-3-7(8(12)4-10(9)18-2)5-14-16-6-13-15-11(16)19/h3-4,6,14H,5H2,1-2H3,(H,15,19). The van der Waals surface area contributed by atoms with Crippen LogP contribution in [0.5, 0.6) is 11.5 Å². The fourth-order valence-corrected chi connectivity index (χ4v) is 1.95. The van der Waals surface area contributed by atoms with Crippen molar-refractivity contribution < 1.29 is 9.47 Å². The van der Waals surface area contributed by atoms with Crippen LogP contribution < -0.4 is 14.9 Å². The predicted octanol–water partition coefficient (Wildman–Crippen LogP) is 2.35. The van der Waals surface area contributed by atoms with Crippen LogP contribution in [0.4, 0.5) is 0 Å². The third-order valence-corrected chi connectivity index (χ3v) is 3.18. The molecule has 1 aromatic heterocycles. The number of aromatic amines is 1. The topological polar surface area (TPSA) is 64.1 Å². The van der Waals surface area contributed by atoms with Gasteiger partial charge in [0, 0.05) is 11.1 Å². The Kier molecular flexibility index (Phi) is 4.28. The van der Waals surface area contributed by atoms with Gasteiger partial charge in [0.15, 0.2) is 11.5 Å². The Balaban J connectivity index is 2.21. The van der Waals surface area contributed by atoms with Gasteiger partial charge in [-0.3, -0.25) is 5.10 Å². The van der Waals surface area contributed by atoms with E-state index in [1.54, 1.807) is 31.3 Å². The molecule has 8 heteroatoms. The summed E-state index contributed by atoms with van der Waals surface area (Å²) in [5, 5.41) is 7.04. The van der Waals surface area contributed by atoms with E-state index >= 15 is 0 Å². The van der Waals surface area contributed by atoms with E-state index < -0.39 is 0 Å². The molecule has 0 spiro atoms. The van der Waals surface area contributed by atoms with Crippen molar-refractivity contribution in [1.82, 2.24) is 14.9 Å². The molecular formula is C11H13ClN4O2S. The number of methoxy groups -OCH3 is 2. The van der Waals surface area contributed by atoms with E-state index in [9.17, 15) is 0 Å². The minimum absolute atomic E-state index is 0.479. The summed E-state index contributed by atoms with van der Waals surface area (Å²) in [6.45, 7) is 0.479. The summed E-state index contributed by atoms with van der Waals surface area (Å²) in [4.78, 5) is 0. The van der Waals surface area contributed by atoms with E-state index in [0.717, 1.165) is 5.56 Å². The smallest absolute Gasteiger partial charge is 0.214 e. The van der Waals surface area contributed by atoms with Crippen LogP contribution in [-0.2, 0) is 6.54 Å². The van der Waals surface area contributed by atoms with Crippen LogP contribution in [0.3, 0.4) is 0 Å². The summed E-state index contributed by atoms with van der Waals surface area (Å²) >= 11 is 11.2. The minimum atomic E-state index is 0.479. The number of nitrogens with zero attached hydrogens (tertiary/aromatic N) is 2. The predicted molar refractivity (Wildman–Crippen MR) is 75.0 cm³/mol. The highest BCUT2D eigenvalue weighted by molar-refractivity contribution is 7.71. The highest BCUT2D eigenvalue weighted by atomic mass is 35.5. The number of aromatic nitrogens is 3.